The predicted molar refractivity (Wildman–Crippen MR) is 82.9 cm³/mol. The zero-order chi connectivity index (χ0) is 15.9. The van der Waals surface area contributed by atoms with Gasteiger partial charge >= 0.3 is 0 Å². The maximum Gasteiger partial charge on any atom is 0.220 e. The molecule has 2 aliphatic heterocycles. The second kappa shape index (κ2) is 5.54. The van der Waals surface area contributed by atoms with E-state index in [9.17, 15) is 4.79 Å². The molecule has 2 fully saturated rings. The number of amides is 1. The molecule has 0 N–H and O–H groups in total. The zero-order valence-electron chi connectivity index (χ0n) is 14.5. The number of hydrogen-bond acceptors (Lipinski definition) is 3. The molecule has 0 radical (unpaired) electrons. The van der Waals surface area contributed by atoms with Crippen LogP contribution in [0.15, 0.2) is 0 Å². The highest BCUT2D eigenvalue weighted by atomic mass is 16.7. The Morgan fingerprint density at radius 2 is 1.76 bits per heavy atom. The lowest BCUT2D eigenvalue weighted by Gasteiger charge is -2.64. The molecule has 2 rings (SSSR count). The van der Waals surface area contributed by atoms with Crippen LogP contribution in [0.25, 0.3) is 0 Å². The van der Waals surface area contributed by atoms with E-state index in [2.05, 4.69) is 39.5 Å². The lowest BCUT2D eigenvalue weighted by atomic mass is 9.65. The van der Waals surface area contributed by atoms with Crippen LogP contribution in [0.1, 0.15) is 67.2 Å². The van der Waals surface area contributed by atoms with Crippen LogP contribution in [0.5, 0.6) is 0 Å². The summed E-state index contributed by atoms with van der Waals surface area (Å²) in [5, 5.41) is 0. The van der Waals surface area contributed by atoms with Crippen molar-refractivity contribution in [1.29, 1.82) is 0 Å². The van der Waals surface area contributed by atoms with E-state index in [0.29, 0.717) is 0 Å². The third-order valence-electron chi connectivity index (χ3n) is 6.04. The highest BCUT2D eigenvalue weighted by molar-refractivity contribution is 5.75. The number of rotatable bonds is 2. The zero-order valence-corrected chi connectivity index (χ0v) is 14.5. The van der Waals surface area contributed by atoms with Gasteiger partial charge in [-0.25, -0.2) is 0 Å². The molecule has 0 aliphatic carbocycles. The molecule has 2 aliphatic rings. The summed E-state index contributed by atoms with van der Waals surface area (Å²) in [6.07, 6.45) is 3.52. The Kier molecular flexibility index (Phi) is 4.42. The second-order valence-electron chi connectivity index (χ2n) is 7.18. The number of hydrogen-bond donors (Lipinski definition) is 0. The van der Waals surface area contributed by atoms with Gasteiger partial charge in [0.05, 0.1) is 13.2 Å². The average Bonchev–Trinajstić information content (AvgIpc) is 2.45. The Bertz CT molecular complexity index is 405. The Morgan fingerprint density at radius 3 is 2.19 bits per heavy atom. The van der Waals surface area contributed by atoms with E-state index >= 15 is 0 Å². The summed E-state index contributed by atoms with van der Waals surface area (Å²) in [6, 6.07) is 0. The molecule has 0 aromatic rings. The SMILES string of the molecule is CCC1(C)CC2(OCCCO2)C(C)C(C)(CC)N1C(C)=O. The highest BCUT2D eigenvalue weighted by Crippen LogP contribution is 2.52. The van der Waals surface area contributed by atoms with Gasteiger partial charge in [0.1, 0.15) is 0 Å². The molecule has 0 saturated carbocycles. The van der Waals surface area contributed by atoms with E-state index in [-0.39, 0.29) is 22.9 Å². The van der Waals surface area contributed by atoms with Crippen molar-refractivity contribution >= 4 is 5.91 Å². The van der Waals surface area contributed by atoms with E-state index in [4.69, 9.17) is 9.47 Å². The summed E-state index contributed by atoms with van der Waals surface area (Å²) in [4.78, 5) is 14.5. The Labute approximate surface area is 129 Å². The van der Waals surface area contributed by atoms with Crippen molar-refractivity contribution in [2.24, 2.45) is 5.92 Å². The van der Waals surface area contributed by atoms with Gasteiger partial charge in [-0.1, -0.05) is 20.8 Å². The maximum absolute atomic E-state index is 12.4. The summed E-state index contributed by atoms with van der Waals surface area (Å²) in [5.74, 6) is -0.236. The summed E-state index contributed by atoms with van der Waals surface area (Å²) < 4.78 is 12.4. The standard InChI is InChI=1S/C17H31NO3/c1-7-15(5)12-17(20-10-9-11-21-17)13(3)16(6,8-2)18(15)14(4)19/h13H,7-12H2,1-6H3. The normalized spacial score (nSPS) is 39.5. The number of ether oxygens (including phenoxy) is 2. The van der Waals surface area contributed by atoms with E-state index < -0.39 is 5.79 Å². The minimum Gasteiger partial charge on any atom is -0.349 e. The number of piperidine rings is 1. The van der Waals surface area contributed by atoms with Gasteiger partial charge in [0.2, 0.25) is 5.91 Å². The fourth-order valence-corrected chi connectivity index (χ4v) is 4.48. The van der Waals surface area contributed by atoms with Crippen molar-refractivity contribution in [1.82, 2.24) is 4.90 Å². The molecule has 3 atom stereocenters. The van der Waals surface area contributed by atoms with Gasteiger partial charge < -0.3 is 14.4 Å². The first-order valence-corrected chi connectivity index (χ1v) is 8.34. The molecule has 3 unspecified atom stereocenters. The largest absolute Gasteiger partial charge is 0.349 e. The number of nitrogens with zero attached hydrogens (tertiary/aromatic N) is 1. The van der Waals surface area contributed by atoms with E-state index in [1.165, 1.54) is 0 Å². The minimum absolute atomic E-state index is 0.152. The van der Waals surface area contributed by atoms with Gasteiger partial charge in [-0.3, -0.25) is 4.79 Å². The number of carbonyl (C=O) groups is 1. The van der Waals surface area contributed by atoms with Crippen LogP contribution in [0.2, 0.25) is 0 Å². The van der Waals surface area contributed by atoms with Crippen LogP contribution in [-0.4, -0.2) is 40.9 Å². The van der Waals surface area contributed by atoms with Crippen molar-refractivity contribution < 1.29 is 14.3 Å². The summed E-state index contributed by atoms with van der Waals surface area (Å²) in [5.41, 5.74) is -0.466. The molecule has 122 valence electrons. The van der Waals surface area contributed by atoms with Crippen molar-refractivity contribution in [3.05, 3.63) is 0 Å². The number of likely N-dealkylation sites (tertiary alicyclic amines) is 1. The Balaban J connectivity index is 2.51. The van der Waals surface area contributed by atoms with Gasteiger partial charge in [0.15, 0.2) is 5.79 Å². The predicted octanol–water partition coefficient (Wildman–Crippen LogP) is 3.35. The van der Waals surface area contributed by atoms with E-state index in [1.807, 2.05) is 0 Å². The molecular formula is C17H31NO3. The van der Waals surface area contributed by atoms with Crippen LogP contribution in [0.4, 0.5) is 0 Å². The Hall–Kier alpha value is -0.610. The van der Waals surface area contributed by atoms with Crippen LogP contribution in [-0.2, 0) is 14.3 Å². The monoisotopic (exact) mass is 297 g/mol. The molecule has 1 amide bonds. The fourth-order valence-electron chi connectivity index (χ4n) is 4.48. The summed E-state index contributed by atoms with van der Waals surface area (Å²) >= 11 is 0. The molecule has 0 aromatic heterocycles. The first-order valence-electron chi connectivity index (χ1n) is 8.34. The molecule has 4 heteroatoms. The average molecular weight is 297 g/mol. The molecule has 21 heavy (non-hydrogen) atoms. The van der Waals surface area contributed by atoms with Gasteiger partial charge in [0, 0.05) is 30.3 Å². The van der Waals surface area contributed by atoms with Gasteiger partial charge in [-0.15, -0.1) is 0 Å². The number of carbonyl (C=O) groups excluding carboxylic acids is 1. The first-order chi connectivity index (χ1) is 9.76. The van der Waals surface area contributed by atoms with Crippen LogP contribution in [0, 0.1) is 5.92 Å². The quantitative estimate of drug-likeness (QED) is 0.784. The van der Waals surface area contributed by atoms with Crippen molar-refractivity contribution in [3.63, 3.8) is 0 Å². The second-order valence-corrected chi connectivity index (χ2v) is 7.18. The fraction of sp³-hybridized carbons (Fsp3) is 0.941. The smallest absolute Gasteiger partial charge is 0.220 e. The molecule has 0 aromatic carbocycles. The molecule has 0 bridgehead atoms. The lowest BCUT2D eigenvalue weighted by Crippen LogP contribution is -2.74. The van der Waals surface area contributed by atoms with Crippen molar-refractivity contribution in [2.75, 3.05) is 13.2 Å². The maximum atomic E-state index is 12.4. The van der Waals surface area contributed by atoms with Crippen LogP contribution >= 0.6 is 0 Å². The minimum atomic E-state index is -0.542. The molecular weight excluding hydrogens is 266 g/mol. The molecule has 1 spiro atoms. The van der Waals surface area contributed by atoms with E-state index in [1.54, 1.807) is 6.92 Å². The molecule has 2 saturated heterocycles. The van der Waals surface area contributed by atoms with Crippen LogP contribution in [0.3, 0.4) is 0 Å². The third kappa shape index (κ3) is 2.40. The topological polar surface area (TPSA) is 38.8 Å². The van der Waals surface area contributed by atoms with Crippen molar-refractivity contribution in [2.45, 2.75) is 84.1 Å². The highest BCUT2D eigenvalue weighted by Gasteiger charge is 2.62. The lowest BCUT2D eigenvalue weighted by molar-refractivity contribution is -0.341. The molecule has 4 nitrogen and oxygen atoms in total. The Morgan fingerprint density at radius 1 is 1.19 bits per heavy atom. The van der Waals surface area contributed by atoms with Gasteiger partial charge in [0.25, 0.3) is 0 Å². The summed E-state index contributed by atoms with van der Waals surface area (Å²) in [6.45, 7) is 14.1. The van der Waals surface area contributed by atoms with Crippen LogP contribution < -0.4 is 0 Å². The van der Waals surface area contributed by atoms with Gasteiger partial charge in [-0.05, 0) is 33.1 Å². The first kappa shape index (κ1) is 16.8. The van der Waals surface area contributed by atoms with E-state index in [0.717, 1.165) is 38.9 Å². The molecule has 2 heterocycles. The van der Waals surface area contributed by atoms with Crippen molar-refractivity contribution in [3.8, 4) is 0 Å². The van der Waals surface area contributed by atoms with Gasteiger partial charge in [-0.2, -0.15) is 0 Å². The summed E-state index contributed by atoms with van der Waals surface area (Å²) in [7, 11) is 0. The third-order valence-corrected chi connectivity index (χ3v) is 6.04.